The number of carbonyl (C=O) groups is 1. The Balaban J connectivity index is 2.09. The molecule has 1 fully saturated rings. The van der Waals surface area contributed by atoms with E-state index in [1.54, 1.807) is 0 Å². The van der Waals surface area contributed by atoms with Crippen molar-refractivity contribution in [3.63, 3.8) is 0 Å². The van der Waals surface area contributed by atoms with Crippen LogP contribution in [0.4, 0.5) is 0 Å². The molecule has 0 aliphatic carbocycles. The molecule has 1 heterocycles. The Bertz CT molecular complexity index is 372. The van der Waals surface area contributed by atoms with Crippen molar-refractivity contribution in [3.8, 4) is 0 Å². The van der Waals surface area contributed by atoms with Gasteiger partial charge in [0.15, 0.2) is 0 Å². The minimum Gasteiger partial charge on any atom is -0.336 e. The van der Waals surface area contributed by atoms with Crippen molar-refractivity contribution < 1.29 is 4.79 Å². The summed E-state index contributed by atoms with van der Waals surface area (Å²) in [6.07, 6.45) is 0. The molecule has 1 saturated heterocycles. The van der Waals surface area contributed by atoms with Gasteiger partial charge in [0.2, 0.25) is 0 Å². The molecule has 1 aromatic carbocycles. The van der Waals surface area contributed by atoms with Gasteiger partial charge >= 0.3 is 0 Å². The SMILES string of the molecule is Cc1ccc(C(=O)N2CCN[C@H](C)C2)cc1. The first-order chi connectivity index (χ1) is 7.66. The minimum absolute atomic E-state index is 0.147. The van der Waals surface area contributed by atoms with E-state index in [0.717, 1.165) is 25.2 Å². The third-order valence-corrected chi connectivity index (χ3v) is 2.95. The summed E-state index contributed by atoms with van der Waals surface area (Å²) in [4.78, 5) is 14.1. The number of hydrogen-bond acceptors (Lipinski definition) is 2. The number of aryl methyl sites for hydroxylation is 1. The Hall–Kier alpha value is -1.35. The number of hydrogen-bond donors (Lipinski definition) is 1. The summed E-state index contributed by atoms with van der Waals surface area (Å²) >= 11 is 0. The zero-order chi connectivity index (χ0) is 11.5. The van der Waals surface area contributed by atoms with Crippen LogP contribution in [0.5, 0.6) is 0 Å². The van der Waals surface area contributed by atoms with Crippen LogP contribution in [0.1, 0.15) is 22.8 Å². The lowest BCUT2D eigenvalue weighted by molar-refractivity contribution is 0.0709. The second-order valence-electron chi connectivity index (χ2n) is 4.47. The van der Waals surface area contributed by atoms with Gasteiger partial charge in [-0.3, -0.25) is 4.79 Å². The molecule has 1 aliphatic rings. The van der Waals surface area contributed by atoms with Gasteiger partial charge in [-0.15, -0.1) is 0 Å². The van der Waals surface area contributed by atoms with Gasteiger partial charge in [-0.1, -0.05) is 17.7 Å². The fourth-order valence-corrected chi connectivity index (χ4v) is 2.00. The molecule has 0 unspecified atom stereocenters. The van der Waals surface area contributed by atoms with Crippen LogP contribution in [0.2, 0.25) is 0 Å². The van der Waals surface area contributed by atoms with E-state index >= 15 is 0 Å². The first-order valence-corrected chi connectivity index (χ1v) is 5.76. The standard InChI is InChI=1S/C13H18N2O/c1-10-3-5-12(6-4-10)13(16)15-8-7-14-11(2)9-15/h3-6,11,14H,7-9H2,1-2H3/t11-/m1/s1. The average Bonchev–Trinajstić information content (AvgIpc) is 2.29. The van der Waals surface area contributed by atoms with E-state index in [9.17, 15) is 4.79 Å². The highest BCUT2D eigenvalue weighted by Gasteiger charge is 2.21. The highest BCUT2D eigenvalue weighted by molar-refractivity contribution is 5.94. The molecule has 0 spiro atoms. The number of amides is 1. The number of carbonyl (C=O) groups excluding carboxylic acids is 1. The van der Waals surface area contributed by atoms with Gasteiger partial charge in [0, 0.05) is 31.2 Å². The second kappa shape index (κ2) is 4.66. The molecule has 1 aromatic rings. The summed E-state index contributed by atoms with van der Waals surface area (Å²) in [6, 6.07) is 8.18. The van der Waals surface area contributed by atoms with Gasteiger partial charge in [-0.2, -0.15) is 0 Å². The third kappa shape index (κ3) is 2.42. The van der Waals surface area contributed by atoms with Crippen molar-refractivity contribution in [1.29, 1.82) is 0 Å². The lowest BCUT2D eigenvalue weighted by Crippen LogP contribution is -2.51. The van der Waals surface area contributed by atoms with Crippen LogP contribution >= 0.6 is 0 Å². The van der Waals surface area contributed by atoms with Gasteiger partial charge in [0.25, 0.3) is 5.91 Å². The van der Waals surface area contributed by atoms with Gasteiger partial charge < -0.3 is 10.2 Å². The number of rotatable bonds is 1. The molecule has 1 atom stereocenters. The molecule has 3 nitrogen and oxygen atoms in total. The van der Waals surface area contributed by atoms with E-state index in [4.69, 9.17) is 0 Å². The predicted molar refractivity (Wildman–Crippen MR) is 64.5 cm³/mol. The van der Waals surface area contributed by atoms with E-state index < -0.39 is 0 Å². The highest BCUT2D eigenvalue weighted by Crippen LogP contribution is 2.09. The quantitative estimate of drug-likeness (QED) is 0.773. The Labute approximate surface area is 96.5 Å². The fourth-order valence-electron chi connectivity index (χ4n) is 2.00. The molecule has 1 amide bonds. The van der Waals surface area contributed by atoms with Gasteiger partial charge in [-0.25, -0.2) is 0 Å². The maximum Gasteiger partial charge on any atom is 0.253 e. The maximum absolute atomic E-state index is 12.2. The van der Waals surface area contributed by atoms with Crippen molar-refractivity contribution in [3.05, 3.63) is 35.4 Å². The predicted octanol–water partition coefficient (Wildman–Crippen LogP) is 1.43. The number of benzene rings is 1. The minimum atomic E-state index is 0.147. The van der Waals surface area contributed by atoms with E-state index in [1.165, 1.54) is 5.56 Å². The highest BCUT2D eigenvalue weighted by atomic mass is 16.2. The Morgan fingerprint density at radius 2 is 2.06 bits per heavy atom. The molecule has 3 heteroatoms. The summed E-state index contributed by atoms with van der Waals surface area (Å²) in [5.41, 5.74) is 1.98. The smallest absolute Gasteiger partial charge is 0.253 e. The zero-order valence-corrected chi connectivity index (χ0v) is 9.86. The number of nitrogens with one attached hydrogen (secondary N) is 1. The van der Waals surface area contributed by atoms with Crippen molar-refractivity contribution >= 4 is 5.91 Å². The third-order valence-electron chi connectivity index (χ3n) is 2.95. The summed E-state index contributed by atoms with van der Waals surface area (Å²) in [6.45, 7) is 6.62. The van der Waals surface area contributed by atoms with Crippen LogP contribution in [0.15, 0.2) is 24.3 Å². The Morgan fingerprint density at radius 3 is 2.69 bits per heavy atom. The number of nitrogens with zero attached hydrogens (tertiary/aromatic N) is 1. The van der Waals surface area contributed by atoms with Crippen LogP contribution in [-0.2, 0) is 0 Å². The molecular formula is C13H18N2O. The lowest BCUT2D eigenvalue weighted by Gasteiger charge is -2.32. The molecule has 1 aliphatic heterocycles. The van der Waals surface area contributed by atoms with Crippen LogP contribution in [0.3, 0.4) is 0 Å². The van der Waals surface area contributed by atoms with E-state index in [0.29, 0.717) is 6.04 Å². The van der Waals surface area contributed by atoms with Gasteiger partial charge in [-0.05, 0) is 26.0 Å². The molecule has 0 radical (unpaired) electrons. The summed E-state index contributed by atoms with van der Waals surface area (Å²) in [5, 5.41) is 3.33. The lowest BCUT2D eigenvalue weighted by atomic mass is 10.1. The second-order valence-corrected chi connectivity index (χ2v) is 4.47. The monoisotopic (exact) mass is 218 g/mol. The van der Waals surface area contributed by atoms with Crippen LogP contribution < -0.4 is 5.32 Å². The molecule has 2 rings (SSSR count). The molecule has 0 bridgehead atoms. The van der Waals surface area contributed by atoms with E-state index in [1.807, 2.05) is 36.1 Å². The van der Waals surface area contributed by atoms with Crippen molar-refractivity contribution in [2.45, 2.75) is 19.9 Å². The fraction of sp³-hybridized carbons (Fsp3) is 0.462. The van der Waals surface area contributed by atoms with Crippen LogP contribution in [-0.4, -0.2) is 36.5 Å². The largest absolute Gasteiger partial charge is 0.336 e. The normalized spacial score (nSPS) is 20.9. The molecule has 16 heavy (non-hydrogen) atoms. The van der Waals surface area contributed by atoms with E-state index in [-0.39, 0.29) is 5.91 Å². The topological polar surface area (TPSA) is 32.3 Å². The molecule has 0 aromatic heterocycles. The number of piperazine rings is 1. The maximum atomic E-state index is 12.2. The molecular weight excluding hydrogens is 200 g/mol. The summed E-state index contributed by atoms with van der Waals surface area (Å²) in [7, 11) is 0. The average molecular weight is 218 g/mol. The van der Waals surface area contributed by atoms with Gasteiger partial charge in [0.05, 0.1) is 0 Å². The zero-order valence-electron chi connectivity index (χ0n) is 9.86. The van der Waals surface area contributed by atoms with E-state index in [2.05, 4.69) is 12.2 Å². The van der Waals surface area contributed by atoms with Crippen LogP contribution in [0.25, 0.3) is 0 Å². The Morgan fingerprint density at radius 1 is 1.38 bits per heavy atom. The summed E-state index contributed by atoms with van der Waals surface area (Å²) in [5.74, 6) is 0.147. The van der Waals surface area contributed by atoms with Crippen molar-refractivity contribution in [1.82, 2.24) is 10.2 Å². The molecule has 86 valence electrons. The molecule has 0 saturated carbocycles. The summed E-state index contributed by atoms with van der Waals surface area (Å²) < 4.78 is 0. The first-order valence-electron chi connectivity index (χ1n) is 5.76. The van der Waals surface area contributed by atoms with Crippen molar-refractivity contribution in [2.75, 3.05) is 19.6 Å². The molecule has 1 N–H and O–H groups in total. The first kappa shape index (κ1) is 11.1. The van der Waals surface area contributed by atoms with Crippen LogP contribution in [0, 0.1) is 6.92 Å². The van der Waals surface area contributed by atoms with Gasteiger partial charge in [0.1, 0.15) is 0 Å². The van der Waals surface area contributed by atoms with Crippen molar-refractivity contribution in [2.24, 2.45) is 0 Å². The Kier molecular flexibility index (Phi) is 3.25.